The minimum Gasteiger partial charge on any atom is -0.439 e. The van der Waals surface area contributed by atoms with Crippen molar-refractivity contribution in [2.24, 2.45) is 5.73 Å². The Morgan fingerprint density at radius 2 is 2.25 bits per heavy atom. The van der Waals surface area contributed by atoms with E-state index in [2.05, 4.69) is 4.98 Å². The van der Waals surface area contributed by atoms with Crippen molar-refractivity contribution >= 4 is 0 Å². The Kier molecular flexibility index (Phi) is 2.75. The molecule has 3 nitrogen and oxygen atoms in total. The Labute approximate surface area is 68.6 Å². The number of oxazole rings is 1. The van der Waals surface area contributed by atoms with Crippen LogP contribution in [0, 0.1) is 6.92 Å². The van der Waals surface area contributed by atoms with Gasteiger partial charge in [0.25, 0.3) is 6.43 Å². The molecule has 1 heterocycles. The zero-order valence-corrected chi connectivity index (χ0v) is 6.68. The molecule has 0 aliphatic carbocycles. The van der Waals surface area contributed by atoms with E-state index in [1.54, 1.807) is 0 Å². The summed E-state index contributed by atoms with van der Waals surface area (Å²) in [5, 5.41) is 0. The smallest absolute Gasteiger partial charge is 0.297 e. The molecule has 0 saturated carbocycles. The zero-order valence-electron chi connectivity index (χ0n) is 6.68. The summed E-state index contributed by atoms with van der Waals surface area (Å²) < 4.78 is 29.0. The van der Waals surface area contributed by atoms with Gasteiger partial charge in [-0.25, -0.2) is 13.8 Å². The lowest BCUT2D eigenvalue weighted by molar-refractivity contribution is 0.119. The van der Waals surface area contributed by atoms with Crippen LogP contribution in [0.25, 0.3) is 0 Å². The van der Waals surface area contributed by atoms with Crippen LogP contribution in [0.3, 0.4) is 0 Å². The van der Waals surface area contributed by atoms with Gasteiger partial charge in [0.2, 0.25) is 0 Å². The van der Waals surface area contributed by atoms with Crippen molar-refractivity contribution in [3.63, 3.8) is 0 Å². The van der Waals surface area contributed by atoms with Crippen LogP contribution < -0.4 is 5.73 Å². The average molecular weight is 176 g/mol. The molecule has 0 spiro atoms. The van der Waals surface area contributed by atoms with E-state index in [1.165, 1.54) is 6.92 Å². The number of halogens is 2. The van der Waals surface area contributed by atoms with E-state index in [9.17, 15) is 8.78 Å². The van der Waals surface area contributed by atoms with E-state index < -0.39 is 6.43 Å². The fraction of sp³-hybridized carbons (Fsp3) is 0.571. The van der Waals surface area contributed by atoms with Crippen molar-refractivity contribution < 1.29 is 13.2 Å². The molecule has 1 aromatic rings. The third-order valence-electron chi connectivity index (χ3n) is 1.43. The van der Waals surface area contributed by atoms with Crippen LogP contribution in [0.15, 0.2) is 4.42 Å². The molecule has 0 saturated heterocycles. The number of rotatable bonds is 3. The molecule has 12 heavy (non-hydrogen) atoms. The number of hydrogen-bond acceptors (Lipinski definition) is 3. The van der Waals surface area contributed by atoms with E-state index >= 15 is 0 Å². The molecular weight excluding hydrogens is 166 g/mol. The molecule has 1 aromatic heterocycles. The molecular formula is C7H10F2N2O. The van der Waals surface area contributed by atoms with E-state index in [1.807, 2.05) is 0 Å². The van der Waals surface area contributed by atoms with Gasteiger partial charge in [-0.05, 0) is 6.92 Å². The number of aromatic nitrogens is 1. The maximum absolute atomic E-state index is 12.1. The van der Waals surface area contributed by atoms with E-state index in [-0.39, 0.29) is 17.3 Å². The summed E-state index contributed by atoms with van der Waals surface area (Å²) in [6, 6.07) is 0. The lowest BCUT2D eigenvalue weighted by atomic mass is 10.4. The lowest BCUT2D eigenvalue weighted by Gasteiger charge is -1.92. The molecule has 68 valence electrons. The van der Waals surface area contributed by atoms with Gasteiger partial charge in [-0.3, -0.25) is 0 Å². The zero-order chi connectivity index (χ0) is 9.14. The molecule has 0 aromatic carbocycles. The SMILES string of the molecule is Cc1nc(CCN)oc1C(F)F. The third kappa shape index (κ3) is 1.79. The molecule has 0 aliphatic heterocycles. The number of nitrogens with zero attached hydrogens (tertiary/aromatic N) is 1. The van der Waals surface area contributed by atoms with Crippen molar-refractivity contribution in [3.05, 3.63) is 17.3 Å². The molecule has 0 aliphatic rings. The van der Waals surface area contributed by atoms with Crippen molar-refractivity contribution in [2.45, 2.75) is 19.8 Å². The first-order valence-electron chi connectivity index (χ1n) is 3.59. The van der Waals surface area contributed by atoms with Gasteiger partial charge in [-0.1, -0.05) is 0 Å². The Morgan fingerprint density at radius 1 is 1.58 bits per heavy atom. The second-order valence-electron chi connectivity index (χ2n) is 2.40. The Balaban J connectivity index is 2.85. The quantitative estimate of drug-likeness (QED) is 0.757. The molecule has 1 rings (SSSR count). The summed E-state index contributed by atoms with van der Waals surface area (Å²) in [5.41, 5.74) is 5.45. The van der Waals surface area contributed by atoms with Gasteiger partial charge in [-0.2, -0.15) is 0 Å². The summed E-state index contributed by atoms with van der Waals surface area (Å²) in [6.45, 7) is 1.84. The van der Waals surface area contributed by atoms with E-state index in [0.717, 1.165) is 0 Å². The van der Waals surface area contributed by atoms with Crippen molar-refractivity contribution in [1.29, 1.82) is 0 Å². The predicted octanol–water partition coefficient (Wildman–Crippen LogP) is 1.42. The maximum atomic E-state index is 12.1. The van der Waals surface area contributed by atoms with Crippen molar-refractivity contribution in [3.8, 4) is 0 Å². The standard InChI is InChI=1S/C7H10F2N2O/c1-4-6(7(8)9)12-5(11-4)2-3-10/h7H,2-3,10H2,1H3. The van der Waals surface area contributed by atoms with Crippen LogP contribution in [-0.2, 0) is 6.42 Å². The third-order valence-corrected chi connectivity index (χ3v) is 1.43. The first-order valence-corrected chi connectivity index (χ1v) is 3.59. The Hall–Kier alpha value is -0.970. The monoisotopic (exact) mass is 176 g/mol. The van der Waals surface area contributed by atoms with Gasteiger partial charge < -0.3 is 10.2 Å². The number of aryl methyl sites for hydroxylation is 1. The fourth-order valence-electron chi connectivity index (χ4n) is 0.899. The minimum absolute atomic E-state index is 0.244. The van der Waals surface area contributed by atoms with Crippen molar-refractivity contribution in [1.82, 2.24) is 4.98 Å². The summed E-state index contributed by atoms with van der Waals surface area (Å²) >= 11 is 0. The molecule has 5 heteroatoms. The van der Waals surface area contributed by atoms with Crippen molar-refractivity contribution in [2.75, 3.05) is 6.54 Å². The summed E-state index contributed by atoms with van der Waals surface area (Å²) in [7, 11) is 0. The molecule has 0 fully saturated rings. The second kappa shape index (κ2) is 3.62. The molecule has 0 amide bonds. The fourth-order valence-corrected chi connectivity index (χ4v) is 0.899. The van der Waals surface area contributed by atoms with E-state index in [4.69, 9.17) is 10.2 Å². The first kappa shape index (κ1) is 9.12. The first-order chi connectivity index (χ1) is 5.65. The number of nitrogens with two attached hydrogens (primary N) is 1. The van der Waals surface area contributed by atoms with Gasteiger partial charge in [-0.15, -0.1) is 0 Å². The summed E-state index contributed by atoms with van der Waals surface area (Å²) in [6.07, 6.45) is -2.20. The molecule has 0 atom stereocenters. The molecule has 0 radical (unpaired) electrons. The molecule has 2 N–H and O–H groups in total. The van der Waals surface area contributed by atoms with Crippen LogP contribution >= 0.6 is 0 Å². The highest BCUT2D eigenvalue weighted by Gasteiger charge is 2.17. The maximum Gasteiger partial charge on any atom is 0.297 e. The van der Waals surface area contributed by atoms with Gasteiger partial charge in [0, 0.05) is 13.0 Å². The minimum atomic E-state index is -2.59. The van der Waals surface area contributed by atoms with E-state index in [0.29, 0.717) is 13.0 Å². The van der Waals surface area contributed by atoms with Crippen LogP contribution in [0.4, 0.5) is 8.78 Å². The normalized spacial score (nSPS) is 11.1. The van der Waals surface area contributed by atoms with Gasteiger partial charge >= 0.3 is 0 Å². The second-order valence-corrected chi connectivity index (χ2v) is 2.40. The molecule has 0 unspecified atom stereocenters. The summed E-state index contributed by atoms with van der Waals surface area (Å²) in [5.74, 6) is -0.0660. The number of hydrogen-bond donors (Lipinski definition) is 1. The predicted molar refractivity (Wildman–Crippen MR) is 39.0 cm³/mol. The van der Waals surface area contributed by atoms with Crippen LogP contribution in [-0.4, -0.2) is 11.5 Å². The summed E-state index contributed by atoms with van der Waals surface area (Å²) in [4.78, 5) is 3.79. The highest BCUT2D eigenvalue weighted by atomic mass is 19.3. The van der Waals surface area contributed by atoms with Gasteiger partial charge in [0.15, 0.2) is 11.7 Å². The van der Waals surface area contributed by atoms with Crippen LogP contribution in [0.2, 0.25) is 0 Å². The topological polar surface area (TPSA) is 52.0 Å². The lowest BCUT2D eigenvalue weighted by Crippen LogP contribution is -2.02. The number of alkyl halides is 2. The van der Waals surface area contributed by atoms with Crippen LogP contribution in [0.1, 0.15) is 23.8 Å². The van der Waals surface area contributed by atoms with Gasteiger partial charge in [0.05, 0.1) is 5.69 Å². The Morgan fingerprint density at radius 3 is 2.67 bits per heavy atom. The van der Waals surface area contributed by atoms with Gasteiger partial charge in [0.1, 0.15) is 0 Å². The van der Waals surface area contributed by atoms with Crippen LogP contribution in [0.5, 0.6) is 0 Å². The average Bonchev–Trinajstić information content (AvgIpc) is 2.32. The molecule has 0 bridgehead atoms. The highest BCUT2D eigenvalue weighted by Crippen LogP contribution is 2.23. The Bertz CT molecular complexity index is 260. The largest absolute Gasteiger partial charge is 0.439 e. The highest BCUT2D eigenvalue weighted by molar-refractivity contribution is 5.09.